The van der Waals surface area contributed by atoms with Crippen LogP contribution in [0.1, 0.15) is 46.5 Å². The highest BCUT2D eigenvalue weighted by Crippen LogP contribution is 2.20. The van der Waals surface area contributed by atoms with Crippen molar-refractivity contribution in [2.75, 3.05) is 19.8 Å². The molecule has 2 N–H and O–H groups in total. The second-order valence-corrected chi connectivity index (χ2v) is 5.45. The van der Waals surface area contributed by atoms with Crippen molar-refractivity contribution in [3.8, 4) is 5.75 Å². The minimum atomic E-state index is -0.835. The van der Waals surface area contributed by atoms with Crippen LogP contribution < -0.4 is 10.5 Å². The highest BCUT2D eigenvalue weighted by atomic mass is 16.5. The summed E-state index contributed by atoms with van der Waals surface area (Å²) in [6, 6.07) is 0. The Morgan fingerprint density at radius 1 is 1.33 bits per heavy atom. The molecule has 0 unspecified atom stereocenters. The van der Waals surface area contributed by atoms with E-state index >= 15 is 0 Å². The third-order valence-electron chi connectivity index (χ3n) is 3.27. The zero-order chi connectivity index (χ0) is 15.7. The second kappa shape index (κ2) is 8.67. The van der Waals surface area contributed by atoms with E-state index < -0.39 is 5.54 Å². The van der Waals surface area contributed by atoms with Crippen molar-refractivity contribution in [2.45, 2.75) is 52.0 Å². The molecule has 1 rings (SSSR count). The maximum atomic E-state index is 11.9. The third kappa shape index (κ3) is 5.38. The Balaban J connectivity index is 2.43. The van der Waals surface area contributed by atoms with Crippen molar-refractivity contribution >= 4 is 5.97 Å². The van der Waals surface area contributed by atoms with E-state index in [1.54, 1.807) is 37.8 Å². The molecule has 0 aliphatic heterocycles. The van der Waals surface area contributed by atoms with Gasteiger partial charge >= 0.3 is 5.97 Å². The molecule has 0 radical (unpaired) electrons. The van der Waals surface area contributed by atoms with Crippen molar-refractivity contribution < 1.29 is 14.3 Å². The fourth-order valence-corrected chi connectivity index (χ4v) is 1.88. The molecule has 0 amide bonds. The van der Waals surface area contributed by atoms with Crippen molar-refractivity contribution in [1.29, 1.82) is 0 Å². The Labute approximate surface area is 126 Å². The zero-order valence-electron chi connectivity index (χ0n) is 13.3. The van der Waals surface area contributed by atoms with Crippen LogP contribution in [0.4, 0.5) is 0 Å². The number of unbranched alkanes of at least 4 members (excludes halogenated alkanes) is 3. The number of carbonyl (C=O) groups excluding carboxylic acids is 1. The van der Waals surface area contributed by atoms with Crippen LogP contribution in [0, 0.1) is 0 Å². The Morgan fingerprint density at radius 3 is 2.71 bits per heavy atom. The van der Waals surface area contributed by atoms with Crippen LogP contribution in [-0.2, 0) is 15.1 Å². The van der Waals surface area contributed by atoms with E-state index in [0.717, 1.165) is 32.2 Å². The maximum Gasteiger partial charge on any atom is 0.333 e. The van der Waals surface area contributed by atoms with Gasteiger partial charge < -0.3 is 15.2 Å². The number of esters is 1. The Morgan fingerprint density at radius 2 is 2.05 bits per heavy atom. The van der Waals surface area contributed by atoms with Gasteiger partial charge in [0, 0.05) is 0 Å². The van der Waals surface area contributed by atoms with E-state index in [4.69, 9.17) is 15.2 Å². The predicted molar refractivity (Wildman–Crippen MR) is 81.2 cm³/mol. The lowest BCUT2D eigenvalue weighted by Crippen LogP contribution is -2.37. The molecule has 120 valence electrons. The van der Waals surface area contributed by atoms with Gasteiger partial charge in [0.15, 0.2) is 11.3 Å². The van der Waals surface area contributed by atoms with Gasteiger partial charge in [0.05, 0.1) is 25.6 Å². The number of ether oxygens (including phenoxy) is 2. The molecule has 1 aromatic rings. The molecule has 6 nitrogen and oxygen atoms in total. The lowest BCUT2D eigenvalue weighted by Gasteiger charge is -2.22. The van der Waals surface area contributed by atoms with Gasteiger partial charge in [0.25, 0.3) is 0 Å². The molecule has 1 heterocycles. The number of rotatable bonds is 10. The van der Waals surface area contributed by atoms with E-state index in [1.165, 1.54) is 0 Å². The summed E-state index contributed by atoms with van der Waals surface area (Å²) in [6.07, 6.45) is 7.66. The molecular formula is C15H27N3O3. The number of nitrogens with zero attached hydrogens (tertiary/aromatic N) is 2. The van der Waals surface area contributed by atoms with E-state index in [2.05, 4.69) is 5.10 Å². The average Bonchev–Trinajstić information content (AvgIpc) is 2.92. The van der Waals surface area contributed by atoms with Crippen LogP contribution in [0.15, 0.2) is 12.4 Å². The number of carbonyl (C=O) groups is 1. The van der Waals surface area contributed by atoms with Gasteiger partial charge in [-0.15, -0.1) is 0 Å². The quantitative estimate of drug-likeness (QED) is 0.528. The summed E-state index contributed by atoms with van der Waals surface area (Å²) in [7, 11) is 0. The van der Waals surface area contributed by atoms with Crippen molar-refractivity contribution in [3.63, 3.8) is 0 Å². The number of hydrogen-bond donors (Lipinski definition) is 1. The normalized spacial score (nSPS) is 11.4. The zero-order valence-corrected chi connectivity index (χ0v) is 13.3. The molecule has 0 spiro atoms. The molecule has 0 aromatic carbocycles. The second-order valence-electron chi connectivity index (χ2n) is 5.45. The van der Waals surface area contributed by atoms with Crippen LogP contribution in [0.2, 0.25) is 0 Å². The summed E-state index contributed by atoms with van der Waals surface area (Å²) < 4.78 is 12.3. The van der Waals surface area contributed by atoms with Gasteiger partial charge in [-0.2, -0.15) is 5.10 Å². The summed E-state index contributed by atoms with van der Waals surface area (Å²) in [5.41, 5.74) is 4.61. The van der Waals surface area contributed by atoms with Crippen molar-refractivity contribution in [1.82, 2.24) is 9.78 Å². The molecule has 0 atom stereocenters. The lowest BCUT2D eigenvalue weighted by atomic mass is 10.1. The lowest BCUT2D eigenvalue weighted by molar-refractivity contribution is -0.152. The van der Waals surface area contributed by atoms with Crippen LogP contribution in [-0.4, -0.2) is 35.5 Å². The number of nitrogens with two attached hydrogens (primary N) is 1. The summed E-state index contributed by atoms with van der Waals surface area (Å²) in [5, 5.41) is 4.19. The van der Waals surface area contributed by atoms with Crippen LogP contribution in [0.3, 0.4) is 0 Å². The third-order valence-corrected chi connectivity index (χ3v) is 3.27. The van der Waals surface area contributed by atoms with E-state index in [-0.39, 0.29) is 5.97 Å². The molecule has 1 aromatic heterocycles. The minimum absolute atomic E-state index is 0.304. The molecular weight excluding hydrogens is 270 g/mol. The first-order valence-electron chi connectivity index (χ1n) is 7.57. The standard InChI is InChI=1S/C15H27N3O3/c1-4-20-14(19)15(2,3)18-12-13(11-17-18)21-10-8-6-5-7-9-16/h11-12H,4-10,16H2,1-3H3. The van der Waals surface area contributed by atoms with Crippen molar-refractivity contribution in [2.24, 2.45) is 5.73 Å². The van der Waals surface area contributed by atoms with E-state index in [0.29, 0.717) is 19.0 Å². The highest BCUT2D eigenvalue weighted by Gasteiger charge is 2.32. The van der Waals surface area contributed by atoms with Crippen LogP contribution >= 0.6 is 0 Å². The van der Waals surface area contributed by atoms with E-state index in [9.17, 15) is 4.79 Å². The smallest absolute Gasteiger partial charge is 0.333 e. The molecule has 0 aliphatic rings. The number of hydrogen-bond acceptors (Lipinski definition) is 5. The van der Waals surface area contributed by atoms with Crippen LogP contribution in [0.25, 0.3) is 0 Å². The molecule has 6 heteroatoms. The maximum absolute atomic E-state index is 11.9. The highest BCUT2D eigenvalue weighted by molar-refractivity contribution is 5.77. The van der Waals surface area contributed by atoms with Gasteiger partial charge in [-0.05, 0) is 40.2 Å². The summed E-state index contributed by atoms with van der Waals surface area (Å²) >= 11 is 0. The Bertz CT molecular complexity index is 430. The average molecular weight is 297 g/mol. The molecule has 0 saturated carbocycles. The van der Waals surface area contributed by atoms with Crippen LogP contribution in [0.5, 0.6) is 5.75 Å². The van der Waals surface area contributed by atoms with Gasteiger partial charge in [-0.25, -0.2) is 4.79 Å². The van der Waals surface area contributed by atoms with Crippen molar-refractivity contribution in [3.05, 3.63) is 12.4 Å². The van der Waals surface area contributed by atoms with Gasteiger partial charge in [0.2, 0.25) is 0 Å². The first kappa shape index (κ1) is 17.5. The molecule has 21 heavy (non-hydrogen) atoms. The first-order valence-corrected chi connectivity index (χ1v) is 7.57. The summed E-state index contributed by atoms with van der Waals surface area (Å²) in [6.45, 7) is 7.09. The minimum Gasteiger partial charge on any atom is -0.490 e. The molecule has 0 bridgehead atoms. The fourth-order valence-electron chi connectivity index (χ4n) is 1.88. The Kier molecular flexibility index (Phi) is 7.22. The summed E-state index contributed by atoms with van der Waals surface area (Å²) in [5.74, 6) is 0.368. The summed E-state index contributed by atoms with van der Waals surface area (Å²) in [4.78, 5) is 11.9. The SMILES string of the molecule is CCOC(=O)C(C)(C)n1cc(OCCCCCCN)cn1. The van der Waals surface area contributed by atoms with Gasteiger partial charge in [-0.3, -0.25) is 4.68 Å². The van der Waals surface area contributed by atoms with E-state index in [1.807, 2.05) is 0 Å². The molecule has 0 aliphatic carbocycles. The molecule has 0 saturated heterocycles. The van der Waals surface area contributed by atoms with Gasteiger partial charge in [0.1, 0.15) is 0 Å². The molecule has 0 fully saturated rings. The van der Waals surface area contributed by atoms with Gasteiger partial charge in [-0.1, -0.05) is 12.8 Å². The topological polar surface area (TPSA) is 79.4 Å². The predicted octanol–water partition coefficient (Wildman–Crippen LogP) is 2.08. The Hall–Kier alpha value is -1.56. The number of aromatic nitrogens is 2. The first-order chi connectivity index (χ1) is 10.0. The monoisotopic (exact) mass is 297 g/mol. The largest absolute Gasteiger partial charge is 0.490 e. The fraction of sp³-hybridized carbons (Fsp3) is 0.733.